The molecule has 0 amide bonds. The van der Waals surface area contributed by atoms with E-state index in [-0.39, 0.29) is 6.10 Å². The molecule has 0 spiro atoms. The lowest BCUT2D eigenvalue weighted by Gasteiger charge is -2.05. The molecule has 2 aromatic rings. The predicted molar refractivity (Wildman–Crippen MR) is 76.4 cm³/mol. The van der Waals surface area contributed by atoms with Crippen LogP contribution in [0.4, 0.5) is 0 Å². The molecule has 1 aliphatic rings. The molecular weight excluding hydrogens is 272 g/mol. The van der Waals surface area contributed by atoms with Gasteiger partial charge in [0.25, 0.3) is 0 Å². The summed E-state index contributed by atoms with van der Waals surface area (Å²) >= 11 is 0. The number of sulfone groups is 1. The molecule has 2 aromatic carbocycles. The number of epoxide rings is 1. The summed E-state index contributed by atoms with van der Waals surface area (Å²) in [5, 5.41) is 0. The quantitative estimate of drug-likeness (QED) is 0.813. The van der Waals surface area contributed by atoms with Crippen LogP contribution in [0.1, 0.15) is 12.5 Å². The Morgan fingerprint density at radius 1 is 0.950 bits per heavy atom. The van der Waals surface area contributed by atoms with Crippen molar-refractivity contribution in [3.8, 4) is 0 Å². The van der Waals surface area contributed by atoms with Gasteiger partial charge in [0.15, 0.2) is 0 Å². The van der Waals surface area contributed by atoms with Crippen molar-refractivity contribution in [2.45, 2.75) is 35.3 Å². The van der Waals surface area contributed by atoms with Crippen LogP contribution in [0.2, 0.25) is 0 Å². The average Bonchev–Trinajstić information content (AvgIpc) is 3.16. The van der Waals surface area contributed by atoms with Crippen molar-refractivity contribution >= 4 is 9.84 Å². The third-order valence-corrected chi connectivity index (χ3v) is 5.35. The Morgan fingerprint density at radius 2 is 1.50 bits per heavy atom. The highest BCUT2D eigenvalue weighted by atomic mass is 32.2. The van der Waals surface area contributed by atoms with Gasteiger partial charge in [0.05, 0.1) is 22.0 Å². The van der Waals surface area contributed by atoms with E-state index >= 15 is 0 Å². The lowest BCUT2D eigenvalue weighted by Crippen LogP contribution is -2.02. The smallest absolute Gasteiger partial charge is 0.206 e. The molecule has 20 heavy (non-hydrogen) atoms. The minimum absolute atomic E-state index is 0.284. The molecule has 0 N–H and O–H groups in total. The van der Waals surface area contributed by atoms with Gasteiger partial charge in [0, 0.05) is 6.42 Å². The van der Waals surface area contributed by atoms with E-state index in [1.807, 2.05) is 19.1 Å². The highest BCUT2D eigenvalue weighted by Gasteiger charge is 2.33. The molecule has 0 bridgehead atoms. The number of ether oxygens (including phenoxy) is 1. The van der Waals surface area contributed by atoms with Crippen molar-refractivity contribution in [1.82, 2.24) is 0 Å². The van der Waals surface area contributed by atoms with Crippen LogP contribution in [0.25, 0.3) is 0 Å². The highest BCUT2D eigenvalue weighted by molar-refractivity contribution is 7.91. The summed E-state index contributed by atoms with van der Waals surface area (Å²) in [6.45, 7) is 2.04. The van der Waals surface area contributed by atoms with Gasteiger partial charge in [-0.3, -0.25) is 0 Å². The van der Waals surface area contributed by atoms with E-state index in [0.29, 0.717) is 15.9 Å². The van der Waals surface area contributed by atoms with Gasteiger partial charge in [-0.25, -0.2) is 8.42 Å². The molecule has 3 rings (SSSR count). The molecule has 0 aliphatic carbocycles. The first-order chi connectivity index (χ1) is 9.57. The summed E-state index contributed by atoms with van der Waals surface area (Å²) in [5.41, 5.74) is 1.10. The first-order valence-corrected chi connectivity index (χ1v) is 8.10. The van der Waals surface area contributed by atoms with Crippen LogP contribution in [-0.2, 0) is 21.0 Å². The maximum Gasteiger partial charge on any atom is 0.206 e. The molecule has 104 valence electrons. The van der Waals surface area contributed by atoms with Crippen LogP contribution in [0.5, 0.6) is 0 Å². The van der Waals surface area contributed by atoms with Gasteiger partial charge >= 0.3 is 0 Å². The summed E-state index contributed by atoms with van der Waals surface area (Å²) in [7, 11) is -3.41. The third-order valence-electron chi connectivity index (χ3n) is 3.56. The van der Waals surface area contributed by atoms with Crippen molar-refractivity contribution in [3.63, 3.8) is 0 Å². The molecule has 0 radical (unpaired) electrons. The second-order valence-electron chi connectivity index (χ2n) is 5.04. The first-order valence-electron chi connectivity index (χ1n) is 6.62. The zero-order valence-corrected chi connectivity index (χ0v) is 12.0. The zero-order chi connectivity index (χ0) is 14.2. The fourth-order valence-corrected chi connectivity index (χ4v) is 3.50. The number of hydrogen-bond acceptors (Lipinski definition) is 3. The molecule has 0 saturated carbocycles. The van der Waals surface area contributed by atoms with Gasteiger partial charge in [-0.1, -0.05) is 30.3 Å². The minimum Gasteiger partial charge on any atom is -0.370 e. The number of rotatable bonds is 4. The van der Waals surface area contributed by atoms with E-state index in [1.54, 1.807) is 42.5 Å². The van der Waals surface area contributed by atoms with Crippen LogP contribution >= 0.6 is 0 Å². The summed E-state index contributed by atoms with van der Waals surface area (Å²) < 4.78 is 30.2. The molecule has 3 nitrogen and oxygen atoms in total. The first kappa shape index (κ1) is 13.3. The molecule has 1 saturated heterocycles. The van der Waals surface area contributed by atoms with Crippen LogP contribution in [0.3, 0.4) is 0 Å². The van der Waals surface area contributed by atoms with Crippen molar-refractivity contribution in [3.05, 3.63) is 60.2 Å². The van der Waals surface area contributed by atoms with E-state index < -0.39 is 9.84 Å². The number of benzene rings is 2. The van der Waals surface area contributed by atoms with Crippen molar-refractivity contribution in [2.75, 3.05) is 0 Å². The zero-order valence-electron chi connectivity index (χ0n) is 11.2. The summed E-state index contributed by atoms with van der Waals surface area (Å²) in [6, 6.07) is 15.6. The van der Waals surface area contributed by atoms with Gasteiger partial charge in [0.2, 0.25) is 9.84 Å². The predicted octanol–water partition coefficient (Wildman–Crippen LogP) is 2.85. The molecule has 0 aromatic heterocycles. The fourth-order valence-electron chi connectivity index (χ4n) is 2.22. The maximum absolute atomic E-state index is 12.4. The molecule has 1 heterocycles. The Kier molecular flexibility index (Phi) is 3.36. The Morgan fingerprint density at radius 3 is 2.05 bits per heavy atom. The van der Waals surface area contributed by atoms with E-state index in [1.165, 1.54) is 0 Å². The van der Waals surface area contributed by atoms with Crippen molar-refractivity contribution < 1.29 is 13.2 Å². The Hall–Kier alpha value is -1.65. The lowest BCUT2D eigenvalue weighted by atomic mass is 10.1. The Bertz CT molecular complexity index is 690. The van der Waals surface area contributed by atoms with Crippen LogP contribution < -0.4 is 0 Å². The standard InChI is InChI=1S/C16H16O3S/c1-12-16(19-12)11-13-7-9-15(10-8-13)20(17,18)14-5-3-2-4-6-14/h2-10,12,16H,11H2,1H3. The topological polar surface area (TPSA) is 46.7 Å². The molecule has 1 fully saturated rings. The summed E-state index contributed by atoms with van der Waals surface area (Å²) in [5.74, 6) is 0. The van der Waals surface area contributed by atoms with Crippen LogP contribution in [0, 0.1) is 0 Å². The van der Waals surface area contributed by atoms with Gasteiger partial charge in [0.1, 0.15) is 0 Å². The SMILES string of the molecule is CC1OC1Cc1ccc(S(=O)(=O)c2ccccc2)cc1. The maximum atomic E-state index is 12.4. The summed E-state index contributed by atoms with van der Waals surface area (Å²) in [6.07, 6.45) is 1.45. The Balaban J connectivity index is 1.83. The second kappa shape index (κ2) is 5.04. The van der Waals surface area contributed by atoms with Crippen molar-refractivity contribution in [1.29, 1.82) is 0 Å². The van der Waals surface area contributed by atoms with Crippen molar-refractivity contribution in [2.24, 2.45) is 0 Å². The van der Waals surface area contributed by atoms with Gasteiger partial charge in [-0.15, -0.1) is 0 Å². The summed E-state index contributed by atoms with van der Waals surface area (Å²) in [4.78, 5) is 0.657. The molecular formula is C16H16O3S. The van der Waals surface area contributed by atoms with E-state index in [4.69, 9.17) is 4.74 Å². The third kappa shape index (κ3) is 2.62. The fraction of sp³-hybridized carbons (Fsp3) is 0.250. The van der Waals surface area contributed by atoms with Gasteiger partial charge in [-0.2, -0.15) is 0 Å². The Labute approximate surface area is 119 Å². The lowest BCUT2D eigenvalue weighted by molar-refractivity contribution is 0.378. The second-order valence-corrected chi connectivity index (χ2v) is 6.99. The van der Waals surface area contributed by atoms with Crippen LogP contribution in [-0.4, -0.2) is 20.6 Å². The average molecular weight is 288 g/mol. The largest absolute Gasteiger partial charge is 0.370 e. The molecule has 2 atom stereocenters. The normalized spacial score (nSPS) is 21.6. The van der Waals surface area contributed by atoms with E-state index in [0.717, 1.165) is 12.0 Å². The van der Waals surface area contributed by atoms with E-state index in [9.17, 15) is 8.42 Å². The highest BCUT2D eigenvalue weighted by Crippen LogP contribution is 2.26. The van der Waals surface area contributed by atoms with Gasteiger partial charge in [-0.05, 0) is 36.8 Å². The monoisotopic (exact) mass is 288 g/mol. The molecule has 1 aliphatic heterocycles. The van der Waals surface area contributed by atoms with Crippen LogP contribution in [0.15, 0.2) is 64.4 Å². The molecule has 4 heteroatoms. The van der Waals surface area contributed by atoms with Gasteiger partial charge < -0.3 is 4.74 Å². The minimum atomic E-state index is -3.41. The van der Waals surface area contributed by atoms with E-state index in [2.05, 4.69) is 0 Å². The molecule has 2 unspecified atom stereocenters. The number of hydrogen-bond donors (Lipinski definition) is 0.